The van der Waals surface area contributed by atoms with Crippen LogP contribution in [0.15, 0.2) is 18.2 Å². The fourth-order valence-electron chi connectivity index (χ4n) is 1.16. The lowest BCUT2D eigenvalue weighted by molar-refractivity contribution is 0.108. The van der Waals surface area contributed by atoms with Crippen molar-refractivity contribution in [1.29, 1.82) is 0 Å². The smallest absolute Gasteiger partial charge is 0.252 e. The molecule has 0 atom stereocenters. The zero-order chi connectivity index (χ0) is 10.7. The first kappa shape index (κ1) is 11.1. The summed E-state index contributed by atoms with van der Waals surface area (Å²) in [5.41, 5.74) is 1.42. The Morgan fingerprint density at radius 2 is 2.07 bits per heavy atom. The zero-order valence-electron chi connectivity index (χ0n) is 8.50. The van der Waals surface area contributed by atoms with E-state index >= 15 is 0 Å². The third-order valence-electron chi connectivity index (χ3n) is 1.76. The number of rotatable bonds is 3. The second-order valence-electron chi connectivity index (χ2n) is 3.42. The maximum atomic E-state index is 10.9. The average Bonchev–Trinajstić information content (AvgIpc) is 2.07. The highest BCUT2D eigenvalue weighted by Gasteiger charge is 2.06. The first-order valence-corrected chi connectivity index (χ1v) is 4.85. The van der Waals surface area contributed by atoms with Gasteiger partial charge in [0.25, 0.3) is 5.24 Å². The quantitative estimate of drug-likeness (QED) is 0.720. The zero-order valence-corrected chi connectivity index (χ0v) is 9.26. The van der Waals surface area contributed by atoms with Crippen LogP contribution in [0.4, 0.5) is 0 Å². The summed E-state index contributed by atoms with van der Waals surface area (Å²) in [6.07, 6.45) is 0.131. The van der Waals surface area contributed by atoms with E-state index in [-0.39, 0.29) is 6.10 Å². The summed E-state index contributed by atoms with van der Waals surface area (Å²) in [7, 11) is 0. The van der Waals surface area contributed by atoms with Crippen LogP contribution in [0.2, 0.25) is 0 Å². The van der Waals surface area contributed by atoms with Crippen LogP contribution in [0.5, 0.6) is 5.75 Å². The fraction of sp³-hybridized carbons (Fsp3) is 0.364. The molecule has 3 heteroatoms. The number of hydrogen-bond acceptors (Lipinski definition) is 2. The standard InChI is InChI=1S/C11H13ClO2/c1-7(2)14-10-5-4-9(11(12)13)6-8(10)3/h4-7H,1-3H3. The van der Waals surface area contributed by atoms with E-state index in [0.717, 1.165) is 11.3 Å². The second kappa shape index (κ2) is 4.47. The molecule has 0 unspecified atom stereocenters. The van der Waals surface area contributed by atoms with Gasteiger partial charge < -0.3 is 4.74 Å². The third kappa shape index (κ3) is 2.74. The number of benzene rings is 1. The SMILES string of the molecule is Cc1cc(C(=O)Cl)ccc1OC(C)C. The molecule has 0 spiro atoms. The van der Waals surface area contributed by atoms with Crippen molar-refractivity contribution in [2.24, 2.45) is 0 Å². The molecule has 0 amide bonds. The highest BCUT2D eigenvalue weighted by molar-refractivity contribution is 6.67. The number of carbonyl (C=O) groups excluding carboxylic acids is 1. The molecule has 0 radical (unpaired) electrons. The van der Waals surface area contributed by atoms with Gasteiger partial charge in [-0.2, -0.15) is 0 Å². The van der Waals surface area contributed by atoms with Gasteiger partial charge in [-0.25, -0.2) is 0 Å². The monoisotopic (exact) mass is 212 g/mol. The molecule has 2 nitrogen and oxygen atoms in total. The highest BCUT2D eigenvalue weighted by atomic mass is 35.5. The molecule has 0 N–H and O–H groups in total. The number of halogens is 1. The molecule has 0 aliphatic rings. The normalized spacial score (nSPS) is 10.4. The Labute approximate surface area is 88.8 Å². The maximum Gasteiger partial charge on any atom is 0.252 e. The van der Waals surface area contributed by atoms with Crippen LogP contribution in [-0.4, -0.2) is 11.3 Å². The number of ether oxygens (including phenoxy) is 1. The average molecular weight is 213 g/mol. The van der Waals surface area contributed by atoms with E-state index < -0.39 is 5.24 Å². The van der Waals surface area contributed by atoms with Crippen LogP contribution < -0.4 is 4.74 Å². The van der Waals surface area contributed by atoms with Gasteiger partial charge in [-0.1, -0.05) is 0 Å². The summed E-state index contributed by atoms with van der Waals surface area (Å²) in [5.74, 6) is 0.793. The van der Waals surface area contributed by atoms with Crippen molar-refractivity contribution >= 4 is 16.8 Å². The van der Waals surface area contributed by atoms with Crippen LogP contribution in [0.25, 0.3) is 0 Å². The van der Waals surface area contributed by atoms with E-state index in [2.05, 4.69) is 0 Å². The molecule has 0 saturated heterocycles. The molecule has 0 saturated carbocycles. The first-order valence-electron chi connectivity index (χ1n) is 4.48. The molecular formula is C11H13ClO2. The van der Waals surface area contributed by atoms with E-state index in [4.69, 9.17) is 16.3 Å². The molecule has 0 aliphatic carbocycles. The summed E-state index contributed by atoms with van der Waals surface area (Å²) in [6, 6.07) is 5.16. The predicted molar refractivity (Wildman–Crippen MR) is 57.1 cm³/mol. The van der Waals surface area contributed by atoms with E-state index in [1.165, 1.54) is 0 Å². The molecule has 0 aliphatic heterocycles. The summed E-state index contributed by atoms with van der Waals surface area (Å²) in [5, 5.41) is -0.441. The molecule has 1 aromatic carbocycles. The molecule has 1 rings (SSSR count). The molecule has 0 bridgehead atoms. The number of carbonyl (C=O) groups is 1. The van der Waals surface area contributed by atoms with Crippen molar-refractivity contribution in [3.05, 3.63) is 29.3 Å². The molecular weight excluding hydrogens is 200 g/mol. The fourth-order valence-corrected chi connectivity index (χ4v) is 1.28. The minimum Gasteiger partial charge on any atom is -0.491 e. The van der Waals surface area contributed by atoms with Crippen molar-refractivity contribution in [2.75, 3.05) is 0 Å². The second-order valence-corrected chi connectivity index (χ2v) is 3.76. The summed E-state index contributed by atoms with van der Waals surface area (Å²) >= 11 is 5.35. The summed E-state index contributed by atoms with van der Waals surface area (Å²) in [6.45, 7) is 5.81. The Morgan fingerprint density at radius 3 is 2.50 bits per heavy atom. The van der Waals surface area contributed by atoms with Gasteiger partial charge in [0, 0.05) is 5.56 Å². The molecule has 76 valence electrons. The van der Waals surface area contributed by atoms with E-state index in [9.17, 15) is 4.79 Å². The molecule has 0 fully saturated rings. The van der Waals surface area contributed by atoms with E-state index in [1.807, 2.05) is 20.8 Å². The minimum atomic E-state index is -0.441. The molecule has 0 aromatic heterocycles. The van der Waals surface area contributed by atoms with Crippen LogP contribution in [0, 0.1) is 6.92 Å². The lowest BCUT2D eigenvalue weighted by atomic mass is 10.1. The van der Waals surface area contributed by atoms with Gasteiger partial charge in [0.05, 0.1) is 6.10 Å². The Balaban J connectivity index is 2.95. The first-order chi connectivity index (χ1) is 6.50. The van der Waals surface area contributed by atoms with Crippen LogP contribution in [0.1, 0.15) is 29.8 Å². The Morgan fingerprint density at radius 1 is 1.43 bits per heavy atom. The summed E-state index contributed by atoms with van der Waals surface area (Å²) in [4.78, 5) is 10.9. The molecule has 14 heavy (non-hydrogen) atoms. The maximum absolute atomic E-state index is 10.9. The van der Waals surface area contributed by atoms with Crippen molar-refractivity contribution in [2.45, 2.75) is 26.9 Å². The van der Waals surface area contributed by atoms with Gasteiger partial charge in [-0.05, 0) is 56.1 Å². The van der Waals surface area contributed by atoms with Gasteiger partial charge in [0.2, 0.25) is 0 Å². The number of hydrogen-bond donors (Lipinski definition) is 0. The van der Waals surface area contributed by atoms with Crippen molar-refractivity contribution < 1.29 is 9.53 Å². The largest absolute Gasteiger partial charge is 0.491 e. The van der Waals surface area contributed by atoms with Gasteiger partial charge >= 0.3 is 0 Å². The van der Waals surface area contributed by atoms with Gasteiger partial charge in [-0.3, -0.25) is 4.79 Å². The van der Waals surface area contributed by atoms with Gasteiger partial charge in [0.15, 0.2) is 0 Å². The van der Waals surface area contributed by atoms with E-state index in [1.54, 1.807) is 18.2 Å². The van der Waals surface area contributed by atoms with E-state index in [0.29, 0.717) is 5.56 Å². The lowest BCUT2D eigenvalue weighted by Crippen LogP contribution is -2.06. The Bertz CT molecular complexity index is 345. The molecule has 0 heterocycles. The van der Waals surface area contributed by atoms with Crippen LogP contribution >= 0.6 is 11.6 Å². The third-order valence-corrected chi connectivity index (χ3v) is 1.98. The van der Waals surface area contributed by atoms with Gasteiger partial charge in [-0.15, -0.1) is 0 Å². The van der Waals surface area contributed by atoms with Gasteiger partial charge in [0.1, 0.15) is 5.75 Å². The lowest BCUT2D eigenvalue weighted by Gasteiger charge is -2.12. The Hall–Kier alpha value is -1.02. The minimum absolute atomic E-state index is 0.131. The number of aryl methyl sites for hydroxylation is 1. The topological polar surface area (TPSA) is 26.3 Å². The highest BCUT2D eigenvalue weighted by Crippen LogP contribution is 2.21. The Kier molecular flexibility index (Phi) is 3.53. The molecule has 1 aromatic rings. The van der Waals surface area contributed by atoms with Crippen molar-refractivity contribution in [3.8, 4) is 5.75 Å². The van der Waals surface area contributed by atoms with Crippen molar-refractivity contribution in [3.63, 3.8) is 0 Å². The van der Waals surface area contributed by atoms with Crippen LogP contribution in [-0.2, 0) is 0 Å². The van der Waals surface area contributed by atoms with Crippen LogP contribution in [0.3, 0.4) is 0 Å². The summed E-state index contributed by atoms with van der Waals surface area (Å²) < 4.78 is 5.53. The van der Waals surface area contributed by atoms with Crippen molar-refractivity contribution in [1.82, 2.24) is 0 Å². The predicted octanol–water partition coefficient (Wildman–Crippen LogP) is 3.16.